The second-order valence-corrected chi connectivity index (χ2v) is 8.68. The number of nitrogens with zero attached hydrogens (tertiary/aromatic N) is 1. The summed E-state index contributed by atoms with van der Waals surface area (Å²) in [5.74, 6) is 0.936. The molecule has 0 saturated carbocycles. The van der Waals surface area contributed by atoms with Crippen LogP contribution >= 0.6 is 0 Å². The van der Waals surface area contributed by atoms with Crippen LogP contribution in [0.4, 0.5) is 5.69 Å². The average molecular weight is 530 g/mol. The summed E-state index contributed by atoms with van der Waals surface area (Å²) in [5.41, 5.74) is 6.79. The number of hydrogen-bond donors (Lipinski definition) is 2. The summed E-state index contributed by atoms with van der Waals surface area (Å²) >= 11 is 0. The minimum absolute atomic E-state index is 0.373. The van der Waals surface area contributed by atoms with E-state index >= 15 is 0 Å². The number of rotatable bonds is 14. The molecule has 0 radical (unpaired) electrons. The van der Waals surface area contributed by atoms with Gasteiger partial charge in [-0.2, -0.15) is 5.10 Å². The van der Waals surface area contributed by atoms with Crippen molar-refractivity contribution in [2.75, 3.05) is 18.5 Å². The summed E-state index contributed by atoms with van der Waals surface area (Å²) < 4.78 is 17.4. The summed E-state index contributed by atoms with van der Waals surface area (Å²) in [4.78, 5) is 24.5. The zero-order valence-corrected chi connectivity index (χ0v) is 22.7. The van der Waals surface area contributed by atoms with Crippen LogP contribution in [0.3, 0.4) is 0 Å². The smallest absolute Gasteiger partial charge is 0.249 e. The fourth-order valence-electron chi connectivity index (χ4n) is 3.70. The normalized spacial score (nSPS) is 10.6. The number of ether oxygens (including phenoxy) is 3. The largest absolute Gasteiger partial charge is 0.494 e. The third kappa shape index (κ3) is 9.34. The molecule has 0 aliphatic rings. The third-order valence-corrected chi connectivity index (χ3v) is 5.50. The van der Waals surface area contributed by atoms with Crippen LogP contribution in [0.15, 0.2) is 78.4 Å². The van der Waals surface area contributed by atoms with E-state index in [2.05, 4.69) is 22.4 Å². The van der Waals surface area contributed by atoms with Gasteiger partial charge in [0.15, 0.2) is 11.5 Å². The van der Waals surface area contributed by atoms with Crippen LogP contribution in [0.2, 0.25) is 0 Å². The monoisotopic (exact) mass is 529 g/mol. The molecule has 39 heavy (non-hydrogen) atoms. The van der Waals surface area contributed by atoms with Crippen LogP contribution in [0.5, 0.6) is 17.2 Å². The zero-order chi connectivity index (χ0) is 28.0. The number of anilines is 1. The highest BCUT2D eigenvalue weighted by molar-refractivity contribution is 6.03. The van der Waals surface area contributed by atoms with Gasteiger partial charge in [0.25, 0.3) is 0 Å². The molecule has 0 unspecified atom stereocenters. The maximum Gasteiger partial charge on any atom is 0.249 e. The minimum atomic E-state index is -0.538. The molecule has 8 heteroatoms. The van der Waals surface area contributed by atoms with E-state index in [1.807, 2.05) is 51.1 Å². The van der Waals surface area contributed by atoms with Gasteiger partial charge in [0.1, 0.15) is 18.8 Å². The molecule has 3 rings (SSSR count). The molecule has 3 aromatic rings. The number of carbonyl (C=O) groups is 2. The van der Waals surface area contributed by atoms with Crippen molar-refractivity contribution < 1.29 is 23.8 Å². The first-order chi connectivity index (χ1) is 18.9. The molecular formula is C31H35N3O5. The van der Waals surface area contributed by atoms with E-state index in [0.717, 1.165) is 11.1 Å². The van der Waals surface area contributed by atoms with Gasteiger partial charge in [-0.3, -0.25) is 9.59 Å². The van der Waals surface area contributed by atoms with E-state index < -0.39 is 11.8 Å². The van der Waals surface area contributed by atoms with Crippen LogP contribution in [0, 0.1) is 6.92 Å². The van der Waals surface area contributed by atoms with E-state index in [4.69, 9.17) is 14.2 Å². The van der Waals surface area contributed by atoms with Crippen molar-refractivity contribution in [3.05, 3.63) is 95.6 Å². The molecule has 0 aliphatic carbocycles. The van der Waals surface area contributed by atoms with E-state index in [0.29, 0.717) is 54.7 Å². The van der Waals surface area contributed by atoms with Gasteiger partial charge in [-0.15, -0.1) is 6.58 Å². The first-order valence-corrected chi connectivity index (χ1v) is 12.8. The zero-order valence-electron chi connectivity index (χ0n) is 22.7. The molecule has 2 amide bonds. The van der Waals surface area contributed by atoms with Crippen LogP contribution in [-0.4, -0.2) is 31.2 Å². The van der Waals surface area contributed by atoms with Crippen LogP contribution in [0.1, 0.15) is 42.5 Å². The fraction of sp³-hybridized carbons (Fsp3) is 0.258. The van der Waals surface area contributed by atoms with E-state index in [9.17, 15) is 9.59 Å². The van der Waals surface area contributed by atoms with Crippen molar-refractivity contribution in [1.29, 1.82) is 0 Å². The lowest BCUT2D eigenvalue weighted by atomic mass is 10.1. The van der Waals surface area contributed by atoms with Crippen molar-refractivity contribution in [3.63, 3.8) is 0 Å². The molecule has 0 heterocycles. The Bertz CT molecular complexity index is 1280. The average Bonchev–Trinajstić information content (AvgIpc) is 2.91. The first-order valence-electron chi connectivity index (χ1n) is 12.8. The Labute approximate surface area is 229 Å². The van der Waals surface area contributed by atoms with Crippen LogP contribution < -0.4 is 25.0 Å². The second-order valence-electron chi connectivity index (χ2n) is 8.68. The van der Waals surface area contributed by atoms with Crippen molar-refractivity contribution in [2.24, 2.45) is 5.10 Å². The van der Waals surface area contributed by atoms with Gasteiger partial charge in [0, 0.05) is 11.3 Å². The number of allylic oxidation sites excluding steroid dienone is 1. The first kappa shape index (κ1) is 29.0. The van der Waals surface area contributed by atoms with E-state index in [-0.39, 0.29) is 6.42 Å². The highest BCUT2D eigenvalue weighted by Gasteiger charge is 2.14. The highest BCUT2D eigenvalue weighted by Crippen LogP contribution is 2.34. The molecule has 0 saturated heterocycles. The number of nitrogens with one attached hydrogen (secondary N) is 2. The maximum atomic E-state index is 12.2. The van der Waals surface area contributed by atoms with Crippen LogP contribution in [-0.2, 0) is 22.6 Å². The Morgan fingerprint density at radius 2 is 1.64 bits per heavy atom. The Hall–Kier alpha value is -4.59. The third-order valence-electron chi connectivity index (χ3n) is 5.50. The lowest BCUT2D eigenvalue weighted by molar-refractivity contribution is -0.126. The standard InChI is InChI=1S/C31H35N3O5/c1-5-8-25-17-24(18-28(38-7-3)31(25)39-21-23-11-9-22(4)10-12-23)20-32-34-30(36)19-29(35)33-26-13-15-27(16-14-26)37-6-2/h5,9-18,20H,1,6-8,19,21H2,2-4H3,(H,33,35)(H,34,36). The fourth-order valence-corrected chi connectivity index (χ4v) is 3.70. The second kappa shape index (κ2) is 15.0. The lowest BCUT2D eigenvalue weighted by Gasteiger charge is -2.17. The Morgan fingerprint density at radius 1 is 0.923 bits per heavy atom. The van der Waals surface area contributed by atoms with Crippen molar-refractivity contribution in [1.82, 2.24) is 5.43 Å². The molecule has 0 spiro atoms. The Kier molecular flexibility index (Phi) is 11.1. The summed E-state index contributed by atoms with van der Waals surface area (Å²) in [6.45, 7) is 11.1. The number of hydrazone groups is 1. The quantitative estimate of drug-likeness (QED) is 0.123. The van der Waals surface area contributed by atoms with E-state index in [1.165, 1.54) is 11.8 Å². The van der Waals surface area contributed by atoms with Gasteiger partial charge in [0.2, 0.25) is 11.8 Å². The van der Waals surface area contributed by atoms with Gasteiger partial charge < -0.3 is 19.5 Å². The Morgan fingerprint density at radius 3 is 2.31 bits per heavy atom. The number of carbonyl (C=O) groups excluding carboxylic acids is 2. The molecule has 0 bridgehead atoms. The maximum absolute atomic E-state index is 12.2. The number of aryl methyl sites for hydroxylation is 1. The van der Waals surface area contributed by atoms with Crippen LogP contribution in [0.25, 0.3) is 0 Å². The molecule has 3 aromatic carbocycles. The number of benzene rings is 3. The highest BCUT2D eigenvalue weighted by atomic mass is 16.5. The molecule has 0 atom stereocenters. The topological polar surface area (TPSA) is 98.3 Å². The summed E-state index contributed by atoms with van der Waals surface area (Å²) in [5, 5.41) is 6.70. The molecule has 204 valence electrons. The van der Waals surface area contributed by atoms with Gasteiger partial charge in [-0.1, -0.05) is 35.9 Å². The van der Waals surface area contributed by atoms with Crippen molar-refractivity contribution in [3.8, 4) is 17.2 Å². The molecule has 0 aliphatic heterocycles. The lowest BCUT2D eigenvalue weighted by Crippen LogP contribution is -2.24. The van der Waals surface area contributed by atoms with Gasteiger partial charge in [0.05, 0.1) is 19.4 Å². The molecule has 2 N–H and O–H groups in total. The molecular weight excluding hydrogens is 494 g/mol. The Balaban J connectivity index is 1.63. The predicted molar refractivity (Wildman–Crippen MR) is 154 cm³/mol. The summed E-state index contributed by atoms with van der Waals surface area (Å²) in [6, 6.07) is 18.8. The van der Waals surface area contributed by atoms with E-state index in [1.54, 1.807) is 36.4 Å². The van der Waals surface area contributed by atoms with Gasteiger partial charge in [-0.25, -0.2) is 5.43 Å². The van der Waals surface area contributed by atoms with Crippen molar-refractivity contribution in [2.45, 2.75) is 40.2 Å². The number of hydrogen-bond acceptors (Lipinski definition) is 6. The van der Waals surface area contributed by atoms with Crippen molar-refractivity contribution >= 4 is 23.7 Å². The summed E-state index contributed by atoms with van der Waals surface area (Å²) in [6.07, 6.45) is 3.47. The summed E-state index contributed by atoms with van der Waals surface area (Å²) in [7, 11) is 0. The van der Waals surface area contributed by atoms with Gasteiger partial charge >= 0.3 is 0 Å². The SMILES string of the molecule is C=CCc1cc(C=NNC(=O)CC(=O)Nc2ccc(OCC)cc2)cc(OCC)c1OCc1ccc(C)cc1. The molecule has 0 aromatic heterocycles. The predicted octanol–water partition coefficient (Wildman–Crippen LogP) is 5.58. The molecule has 0 fully saturated rings. The number of amides is 2. The minimum Gasteiger partial charge on any atom is -0.494 e. The molecule has 8 nitrogen and oxygen atoms in total. The van der Waals surface area contributed by atoms with Gasteiger partial charge in [-0.05, 0) is 74.7 Å².